The monoisotopic (exact) mass is 166 g/mol. The van der Waals surface area contributed by atoms with E-state index in [9.17, 15) is 0 Å². The van der Waals surface area contributed by atoms with E-state index in [1.165, 1.54) is 6.20 Å². The minimum Gasteiger partial charge on any atom is -0.251 e. The van der Waals surface area contributed by atoms with Crippen LogP contribution in [0.2, 0.25) is 5.15 Å². The van der Waals surface area contributed by atoms with Gasteiger partial charge in [-0.05, 0) is 12.2 Å². The van der Waals surface area contributed by atoms with Crippen molar-refractivity contribution in [3.63, 3.8) is 0 Å². The van der Waals surface area contributed by atoms with E-state index in [1.807, 2.05) is 0 Å². The standard InChI is InChI=1S/C8H7ClN2/c1-3-6-7(4-2)11-8(9)5-10-6/h3-5H,1-2H2. The van der Waals surface area contributed by atoms with Crippen LogP contribution >= 0.6 is 11.6 Å². The summed E-state index contributed by atoms with van der Waals surface area (Å²) < 4.78 is 0. The number of hydrogen-bond donors (Lipinski definition) is 0. The highest BCUT2D eigenvalue weighted by atomic mass is 35.5. The van der Waals surface area contributed by atoms with E-state index in [2.05, 4.69) is 23.1 Å². The summed E-state index contributed by atoms with van der Waals surface area (Å²) in [4.78, 5) is 7.96. The van der Waals surface area contributed by atoms with Gasteiger partial charge in [-0.2, -0.15) is 0 Å². The lowest BCUT2D eigenvalue weighted by Crippen LogP contribution is -1.90. The Morgan fingerprint density at radius 1 is 1.27 bits per heavy atom. The Morgan fingerprint density at radius 3 is 2.45 bits per heavy atom. The molecule has 1 rings (SSSR count). The third kappa shape index (κ3) is 1.65. The van der Waals surface area contributed by atoms with Crippen molar-refractivity contribution in [3.8, 4) is 0 Å². The number of halogens is 1. The van der Waals surface area contributed by atoms with Gasteiger partial charge in [0.05, 0.1) is 17.6 Å². The summed E-state index contributed by atoms with van der Waals surface area (Å²) in [6.45, 7) is 7.15. The Labute approximate surface area is 70.3 Å². The zero-order valence-electron chi connectivity index (χ0n) is 5.92. The van der Waals surface area contributed by atoms with Crippen molar-refractivity contribution in [1.82, 2.24) is 9.97 Å². The number of aromatic nitrogens is 2. The maximum Gasteiger partial charge on any atom is 0.148 e. The molecule has 0 aromatic carbocycles. The number of hydrogen-bond acceptors (Lipinski definition) is 2. The molecule has 1 aromatic heterocycles. The molecule has 0 aliphatic carbocycles. The van der Waals surface area contributed by atoms with Crippen molar-refractivity contribution >= 4 is 23.8 Å². The molecule has 1 aromatic rings. The lowest BCUT2D eigenvalue weighted by Gasteiger charge is -1.97. The normalized spacial score (nSPS) is 9.18. The van der Waals surface area contributed by atoms with Crippen LogP contribution in [0.25, 0.3) is 12.2 Å². The minimum atomic E-state index is 0.366. The maximum atomic E-state index is 5.60. The second kappa shape index (κ2) is 3.30. The molecule has 11 heavy (non-hydrogen) atoms. The van der Waals surface area contributed by atoms with Crippen LogP contribution in [0.5, 0.6) is 0 Å². The van der Waals surface area contributed by atoms with E-state index in [0.29, 0.717) is 16.5 Å². The summed E-state index contributed by atoms with van der Waals surface area (Å²) in [5.74, 6) is 0. The molecule has 3 heteroatoms. The van der Waals surface area contributed by atoms with Crippen molar-refractivity contribution in [2.45, 2.75) is 0 Å². The second-order valence-corrected chi connectivity index (χ2v) is 2.26. The Bertz CT molecular complexity index is 294. The molecule has 0 aliphatic rings. The van der Waals surface area contributed by atoms with Crippen LogP contribution in [0.1, 0.15) is 11.4 Å². The quantitative estimate of drug-likeness (QED) is 0.675. The van der Waals surface area contributed by atoms with Crippen LogP contribution in [0, 0.1) is 0 Å². The Balaban J connectivity index is 3.26. The molecule has 0 aliphatic heterocycles. The van der Waals surface area contributed by atoms with E-state index in [0.717, 1.165) is 0 Å². The molecule has 0 N–H and O–H groups in total. The molecule has 0 saturated heterocycles. The molecule has 56 valence electrons. The van der Waals surface area contributed by atoms with Gasteiger partial charge in [0.15, 0.2) is 0 Å². The molecule has 2 nitrogen and oxygen atoms in total. The van der Waals surface area contributed by atoms with E-state index < -0.39 is 0 Å². The molecule has 0 amide bonds. The van der Waals surface area contributed by atoms with Gasteiger partial charge >= 0.3 is 0 Å². The molecule has 1 heterocycles. The van der Waals surface area contributed by atoms with Gasteiger partial charge in [0.25, 0.3) is 0 Å². The fourth-order valence-electron chi connectivity index (χ4n) is 0.698. The summed E-state index contributed by atoms with van der Waals surface area (Å²) >= 11 is 5.60. The van der Waals surface area contributed by atoms with Gasteiger partial charge in [-0.25, -0.2) is 4.98 Å². The predicted molar refractivity (Wildman–Crippen MR) is 47.2 cm³/mol. The predicted octanol–water partition coefficient (Wildman–Crippen LogP) is 2.42. The molecule has 0 spiro atoms. The van der Waals surface area contributed by atoms with Gasteiger partial charge in [0.1, 0.15) is 5.15 Å². The Kier molecular flexibility index (Phi) is 2.39. The highest BCUT2D eigenvalue weighted by Crippen LogP contribution is 2.09. The molecule has 0 radical (unpaired) electrons. The molecular formula is C8H7ClN2. The summed E-state index contributed by atoms with van der Waals surface area (Å²) in [5.41, 5.74) is 1.36. The molecule has 0 unspecified atom stereocenters. The van der Waals surface area contributed by atoms with E-state index in [4.69, 9.17) is 11.6 Å². The zero-order chi connectivity index (χ0) is 8.27. The fourth-order valence-corrected chi connectivity index (χ4v) is 0.837. The minimum absolute atomic E-state index is 0.366. The summed E-state index contributed by atoms with van der Waals surface area (Å²) in [6, 6.07) is 0. The Hall–Kier alpha value is -1.15. The van der Waals surface area contributed by atoms with Crippen LogP contribution in [0.4, 0.5) is 0 Å². The zero-order valence-corrected chi connectivity index (χ0v) is 6.67. The third-order valence-electron chi connectivity index (χ3n) is 1.19. The van der Waals surface area contributed by atoms with Crippen LogP contribution in [-0.2, 0) is 0 Å². The van der Waals surface area contributed by atoms with Crippen LogP contribution in [-0.4, -0.2) is 9.97 Å². The fraction of sp³-hybridized carbons (Fsp3) is 0. The third-order valence-corrected chi connectivity index (χ3v) is 1.37. The molecule has 0 atom stereocenters. The molecule has 0 saturated carbocycles. The first-order valence-electron chi connectivity index (χ1n) is 3.05. The lowest BCUT2D eigenvalue weighted by atomic mass is 10.3. The topological polar surface area (TPSA) is 25.8 Å². The van der Waals surface area contributed by atoms with Crippen molar-refractivity contribution in [3.05, 3.63) is 35.9 Å². The first-order chi connectivity index (χ1) is 5.27. The highest BCUT2D eigenvalue weighted by Gasteiger charge is 1.98. The van der Waals surface area contributed by atoms with Gasteiger partial charge in [-0.1, -0.05) is 24.8 Å². The summed E-state index contributed by atoms with van der Waals surface area (Å²) in [7, 11) is 0. The van der Waals surface area contributed by atoms with Crippen LogP contribution < -0.4 is 0 Å². The van der Waals surface area contributed by atoms with E-state index in [-0.39, 0.29) is 0 Å². The largest absolute Gasteiger partial charge is 0.251 e. The summed E-state index contributed by atoms with van der Waals surface area (Å²) in [5, 5.41) is 0.366. The number of nitrogens with zero attached hydrogens (tertiary/aromatic N) is 2. The van der Waals surface area contributed by atoms with Gasteiger partial charge in [-0.15, -0.1) is 0 Å². The van der Waals surface area contributed by atoms with Crippen molar-refractivity contribution in [1.29, 1.82) is 0 Å². The molecule has 0 bridgehead atoms. The SMILES string of the molecule is C=Cc1ncc(Cl)nc1C=C. The van der Waals surface area contributed by atoms with E-state index >= 15 is 0 Å². The van der Waals surface area contributed by atoms with Crippen molar-refractivity contribution in [2.24, 2.45) is 0 Å². The van der Waals surface area contributed by atoms with Gasteiger partial charge in [0, 0.05) is 0 Å². The molecule has 0 fully saturated rings. The van der Waals surface area contributed by atoms with Gasteiger partial charge < -0.3 is 0 Å². The average Bonchev–Trinajstić information content (AvgIpc) is 2.04. The second-order valence-electron chi connectivity index (χ2n) is 1.87. The van der Waals surface area contributed by atoms with Crippen LogP contribution in [0.15, 0.2) is 19.4 Å². The van der Waals surface area contributed by atoms with Crippen molar-refractivity contribution in [2.75, 3.05) is 0 Å². The van der Waals surface area contributed by atoms with Gasteiger partial charge in [0.2, 0.25) is 0 Å². The first-order valence-corrected chi connectivity index (χ1v) is 3.43. The first kappa shape index (κ1) is 7.95. The molecular weight excluding hydrogens is 160 g/mol. The lowest BCUT2D eigenvalue weighted by molar-refractivity contribution is 1.16. The Morgan fingerprint density at radius 2 is 1.91 bits per heavy atom. The number of rotatable bonds is 2. The van der Waals surface area contributed by atoms with Crippen molar-refractivity contribution < 1.29 is 0 Å². The van der Waals surface area contributed by atoms with Gasteiger partial charge in [-0.3, -0.25) is 4.98 Å². The summed E-state index contributed by atoms with van der Waals surface area (Å²) in [6.07, 6.45) is 4.68. The highest BCUT2D eigenvalue weighted by molar-refractivity contribution is 6.29. The van der Waals surface area contributed by atoms with E-state index in [1.54, 1.807) is 12.2 Å². The smallest absolute Gasteiger partial charge is 0.148 e. The average molecular weight is 167 g/mol. The van der Waals surface area contributed by atoms with Crippen LogP contribution in [0.3, 0.4) is 0 Å². The maximum absolute atomic E-state index is 5.60.